The van der Waals surface area contributed by atoms with Gasteiger partial charge in [0.25, 0.3) is 0 Å². The van der Waals surface area contributed by atoms with E-state index in [9.17, 15) is 9.59 Å². The summed E-state index contributed by atoms with van der Waals surface area (Å²) in [6.07, 6.45) is 2.11. The highest BCUT2D eigenvalue weighted by molar-refractivity contribution is 7.10. The molecule has 1 fully saturated rings. The second kappa shape index (κ2) is 7.13. The van der Waals surface area contributed by atoms with Crippen molar-refractivity contribution in [3.05, 3.63) is 22.4 Å². The molecule has 1 saturated heterocycles. The Morgan fingerprint density at radius 1 is 1.32 bits per heavy atom. The molecule has 0 aliphatic carbocycles. The number of likely N-dealkylation sites (tertiary alicyclic amines) is 1. The third-order valence-corrected chi connectivity index (χ3v) is 4.45. The Hall–Kier alpha value is -1.56. The van der Waals surface area contributed by atoms with E-state index in [-0.39, 0.29) is 23.5 Å². The van der Waals surface area contributed by atoms with Crippen molar-refractivity contribution in [2.24, 2.45) is 0 Å². The molecular formula is C16H25N3O2S. The zero-order valence-corrected chi connectivity index (χ0v) is 14.3. The quantitative estimate of drug-likeness (QED) is 0.897. The Morgan fingerprint density at radius 3 is 2.55 bits per heavy atom. The first-order valence-corrected chi connectivity index (χ1v) is 8.60. The zero-order valence-electron chi connectivity index (χ0n) is 13.5. The number of carbonyl (C=O) groups is 2. The molecule has 0 radical (unpaired) electrons. The minimum atomic E-state index is -0.235. The van der Waals surface area contributed by atoms with Gasteiger partial charge in [-0.15, -0.1) is 11.3 Å². The first-order valence-electron chi connectivity index (χ1n) is 7.72. The fourth-order valence-electron chi connectivity index (χ4n) is 2.51. The third-order valence-electron chi connectivity index (χ3n) is 3.58. The summed E-state index contributed by atoms with van der Waals surface area (Å²) in [7, 11) is 0. The van der Waals surface area contributed by atoms with Crippen LogP contribution in [0.3, 0.4) is 0 Å². The van der Waals surface area contributed by atoms with Crippen molar-refractivity contribution < 1.29 is 9.59 Å². The average molecular weight is 323 g/mol. The van der Waals surface area contributed by atoms with Gasteiger partial charge in [0.2, 0.25) is 5.91 Å². The summed E-state index contributed by atoms with van der Waals surface area (Å²) in [6.45, 7) is 7.30. The van der Waals surface area contributed by atoms with Crippen LogP contribution in [0.25, 0.3) is 0 Å². The lowest BCUT2D eigenvalue weighted by Gasteiger charge is -2.33. The molecule has 0 atom stereocenters. The molecule has 1 aliphatic rings. The van der Waals surface area contributed by atoms with Gasteiger partial charge in [0, 0.05) is 29.5 Å². The van der Waals surface area contributed by atoms with Gasteiger partial charge in [-0.2, -0.15) is 0 Å². The molecule has 0 saturated carbocycles. The van der Waals surface area contributed by atoms with E-state index >= 15 is 0 Å². The first kappa shape index (κ1) is 16.8. The fourth-order valence-corrected chi connectivity index (χ4v) is 3.21. The SMILES string of the molecule is CC(C)(C)NC(=O)NC1CCN(C(=O)Cc2cccs2)CC1. The molecule has 3 amide bonds. The van der Waals surface area contributed by atoms with E-state index in [2.05, 4.69) is 10.6 Å². The van der Waals surface area contributed by atoms with Crippen LogP contribution in [0.1, 0.15) is 38.5 Å². The summed E-state index contributed by atoms with van der Waals surface area (Å²) >= 11 is 1.62. The van der Waals surface area contributed by atoms with Crippen LogP contribution in [0.15, 0.2) is 17.5 Å². The van der Waals surface area contributed by atoms with E-state index in [1.165, 1.54) is 0 Å². The molecule has 1 aromatic rings. The van der Waals surface area contributed by atoms with E-state index in [0.717, 1.165) is 17.7 Å². The number of thiophene rings is 1. The van der Waals surface area contributed by atoms with Crippen molar-refractivity contribution in [2.75, 3.05) is 13.1 Å². The number of urea groups is 1. The summed E-state index contributed by atoms with van der Waals surface area (Å²) in [4.78, 5) is 27.1. The van der Waals surface area contributed by atoms with Crippen molar-refractivity contribution in [1.82, 2.24) is 15.5 Å². The highest BCUT2D eigenvalue weighted by Gasteiger charge is 2.24. The lowest BCUT2D eigenvalue weighted by molar-refractivity contribution is -0.131. The van der Waals surface area contributed by atoms with Gasteiger partial charge in [0.15, 0.2) is 0 Å². The Kier molecular flexibility index (Phi) is 5.45. The van der Waals surface area contributed by atoms with Crippen molar-refractivity contribution in [3.8, 4) is 0 Å². The summed E-state index contributed by atoms with van der Waals surface area (Å²) < 4.78 is 0. The summed E-state index contributed by atoms with van der Waals surface area (Å²) in [5.74, 6) is 0.181. The maximum absolute atomic E-state index is 12.2. The molecule has 5 nitrogen and oxygen atoms in total. The molecule has 0 spiro atoms. The monoisotopic (exact) mass is 323 g/mol. The number of nitrogens with zero attached hydrogens (tertiary/aromatic N) is 1. The molecule has 2 N–H and O–H groups in total. The first-order chi connectivity index (χ1) is 10.3. The van der Waals surface area contributed by atoms with Crippen LogP contribution < -0.4 is 10.6 Å². The van der Waals surface area contributed by atoms with Crippen LogP contribution in [0, 0.1) is 0 Å². The van der Waals surface area contributed by atoms with Gasteiger partial charge in [0.1, 0.15) is 0 Å². The van der Waals surface area contributed by atoms with E-state index < -0.39 is 0 Å². The maximum atomic E-state index is 12.2. The van der Waals surface area contributed by atoms with Gasteiger partial charge >= 0.3 is 6.03 Å². The molecule has 22 heavy (non-hydrogen) atoms. The van der Waals surface area contributed by atoms with Gasteiger partial charge in [-0.05, 0) is 45.1 Å². The number of piperidine rings is 1. The molecule has 0 bridgehead atoms. The van der Waals surface area contributed by atoms with Crippen molar-refractivity contribution in [2.45, 2.75) is 51.6 Å². The molecule has 0 unspecified atom stereocenters. The van der Waals surface area contributed by atoms with Gasteiger partial charge in [-0.3, -0.25) is 4.79 Å². The van der Waals surface area contributed by atoms with Crippen LogP contribution in [0.4, 0.5) is 4.79 Å². The van der Waals surface area contributed by atoms with Gasteiger partial charge < -0.3 is 15.5 Å². The number of hydrogen-bond donors (Lipinski definition) is 2. The largest absolute Gasteiger partial charge is 0.342 e. The fraction of sp³-hybridized carbons (Fsp3) is 0.625. The normalized spacial score (nSPS) is 16.4. The van der Waals surface area contributed by atoms with E-state index in [0.29, 0.717) is 19.5 Å². The molecule has 2 rings (SSSR count). The standard InChI is InChI=1S/C16H25N3O2S/c1-16(2,3)18-15(21)17-12-6-8-19(9-7-12)14(20)11-13-5-4-10-22-13/h4-5,10,12H,6-9,11H2,1-3H3,(H2,17,18,21). The van der Waals surface area contributed by atoms with Crippen LogP contribution in [-0.2, 0) is 11.2 Å². The molecule has 0 aromatic carbocycles. The topological polar surface area (TPSA) is 61.4 Å². The Morgan fingerprint density at radius 2 is 2.00 bits per heavy atom. The second-order valence-electron chi connectivity index (χ2n) is 6.76. The van der Waals surface area contributed by atoms with Gasteiger partial charge in [0.05, 0.1) is 6.42 Å². The van der Waals surface area contributed by atoms with Gasteiger partial charge in [-0.1, -0.05) is 6.07 Å². The van der Waals surface area contributed by atoms with Crippen LogP contribution in [0.2, 0.25) is 0 Å². The smallest absolute Gasteiger partial charge is 0.315 e. The number of rotatable bonds is 3. The average Bonchev–Trinajstić information content (AvgIpc) is 2.90. The molecule has 122 valence electrons. The number of hydrogen-bond acceptors (Lipinski definition) is 3. The van der Waals surface area contributed by atoms with Gasteiger partial charge in [-0.25, -0.2) is 4.79 Å². The Bertz CT molecular complexity index is 500. The summed E-state index contributed by atoms with van der Waals surface area (Å²) in [5.41, 5.74) is -0.235. The lowest BCUT2D eigenvalue weighted by atomic mass is 10.0. The minimum Gasteiger partial charge on any atom is -0.342 e. The number of nitrogens with one attached hydrogen (secondary N) is 2. The predicted molar refractivity (Wildman–Crippen MR) is 89.0 cm³/mol. The molecule has 2 heterocycles. The van der Waals surface area contributed by atoms with E-state index in [4.69, 9.17) is 0 Å². The lowest BCUT2D eigenvalue weighted by Crippen LogP contribution is -2.52. The maximum Gasteiger partial charge on any atom is 0.315 e. The molecule has 1 aliphatic heterocycles. The number of amides is 3. The Labute approximate surface area is 136 Å². The second-order valence-corrected chi connectivity index (χ2v) is 7.79. The highest BCUT2D eigenvalue weighted by atomic mass is 32.1. The molecular weight excluding hydrogens is 298 g/mol. The van der Waals surface area contributed by atoms with Crippen LogP contribution in [0.5, 0.6) is 0 Å². The van der Waals surface area contributed by atoms with Crippen LogP contribution in [-0.4, -0.2) is 41.5 Å². The van der Waals surface area contributed by atoms with Crippen LogP contribution >= 0.6 is 11.3 Å². The molecule has 1 aromatic heterocycles. The Balaban J connectivity index is 1.73. The predicted octanol–water partition coefficient (Wildman–Crippen LogP) is 2.38. The minimum absolute atomic E-state index is 0.129. The van der Waals surface area contributed by atoms with Crippen molar-refractivity contribution in [3.63, 3.8) is 0 Å². The van der Waals surface area contributed by atoms with E-state index in [1.54, 1.807) is 11.3 Å². The van der Waals surface area contributed by atoms with Crippen molar-refractivity contribution in [1.29, 1.82) is 0 Å². The highest BCUT2D eigenvalue weighted by Crippen LogP contribution is 2.15. The van der Waals surface area contributed by atoms with E-state index in [1.807, 2.05) is 43.2 Å². The van der Waals surface area contributed by atoms with Crippen molar-refractivity contribution >= 4 is 23.3 Å². The molecule has 6 heteroatoms. The zero-order chi connectivity index (χ0) is 16.2. The number of carbonyl (C=O) groups excluding carboxylic acids is 2. The summed E-state index contributed by atoms with van der Waals surface area (Å²) in [6, 6.07) is 3.98. The summed E-state index contributed by atoms with van der Waals surface area (Å²) in [5, 5.41) is 7.89. The third kappa shape index (κ3) is 5.33.